The summed E-state index contributed by atoms with van der Waals surface area (Å²) in [6.45, 7) is 2.92. The molecule has 0 aromatic carbocycles. The minimum Gasteiger partial charge on any atom is -0.378 e. The highest BCUT2D eigenvalue weighted by Gasteiger charge is 2.05. The first-order chi connectivity index (χ1) is 3.92. The molecule has 2 nitrogen and oxygen atoms in total. The Balaban J connectivity index is 3.88. The van der Waals surface area contributed by atoms with Crippen LogP contribution in [0.5, 0.6) is 0 Å². The highest BCUT2D eigenvalue weighted by molar-refractivity contribution is 5.12. The molecule has 0 radical (unpaired) electrons. The van der Waals surface area contributed by atoms with Crippen molar-refractivity contribution in [3.8, 4) is 11.8 Å². The second-order valence-electron chi connectivity index (χ2n) is 2.23. The summed E-state index contributed by atoms with van der Waals surface area (Å²) >= 11 is 0. The summed E-state index contributed by atoms with van der Waals surface area (Å²) in [6, 6.07) is 0. The maximum Gasteiger partial charge on any atom is 0.210 e. The lowest BCUT2D eigenvalue weighted by Gasteiger charge is -2.05. The van der Waals surface area contributed by atoms with Crippen LogP contribution in [0.4, 0.5) is 4.39 Å². The summed E-state index contributed by atoms with van der Waals surface area (Å²) in [4.78, 5) is 0. The molecule has 0 aromatic rings. The molecule has 0 aromatic heterocycles. The molecule has 1 atom stereocenters. The van der Waals surface area contributed by atoms with E-state index in [-0.39, 0.29) is 0 Å². The monoisotopic (exact) mass is 131 g/mol. The number of halogens is 1. The molecule has 3 heteroatoms. The predicted octanol–water partition coefficient (Wildman–Crippen LogP) is 0.0150. The van der Waals surface area contributed by atoms with Gasteiger partial charge in [-0.15, -0.1) is 0 Å². The summed E-state index contributed by atoms with van der Waals surface area (Å²) in [7, 11) is 0. The molecule has 0 rings (SSSR count). The SMILES string of the molecule is CC(C)(O)C#CC(N)F. The fourth-order valence-electron chi connectivity index (χ4n) is 0.246. The van der Waals surface area contributed by atoms with Crippen molar-refractivity contribution in [3.05, 3.63) is 0 Å². The summed E-state index contributed by atoms with van der Waals surface area (Å²) < 4.78 is 11.7. The second kappa shape index (κ2) is 2.81. The fraction of sp³-hybridized carbons (Fsp3) is 0.667. The fourth-order valence-corrected chi connectivity index (χ4v) is 0.246. The molecule has 0 amide bonds. The first-order valence-corrected chi connectivity index (χ1v) is 2.56. The van der Waals surface area contributed by atoms with E-state index in [1.807, 2.05) is 5.92 Å². The highest BCUT2D eigenvalue weighted by Crippen LogP contribution is 1.96. The van der Waals surface area contributed by atoms with Gasteiger partial charge in [0.2, 0.25) is 6.30 Å². The smallest absolute Gasteiger partial charge is 0.210 e. The molecule has 0 aliphatic heterocycles. The summed E-state index contributed by atoms with van der Waals surface area (Å²) in [6.07, 6.45) is -1.66. The molecule has 0 bridgehead atoms. The van der Waals surface area contributed by atoms with E-state index in [0.717, 1.165) is 0 Å². The minimum atomic E-state index is -1.66. The molecule has 0 heterocycles. The van der Waals surface area contributed by atoms with E-state index in [9.17, 15) is 4.39 Å². The largest absolute Gasteiger partial charge is 0.378 e. The Bertz CT molecular complexity index is 137. The first kappa shape index (κ1) is 8.41. The molecule has 0 fully saturated rings. The Morgan fingerprint density at radius 3 is 2.22 bits per heavy atom. The Hall–Kier alpha value is -0.590. The van der Waals surface area contributed by atoms with E-state index in [0.29, 0.717) is 0 Å². The molecule has 3 N–H and O–H groups in total. The molecular weight excluding hydrogens is 121 g/mol. The van der Waals surface area contributed by atoms with Crippen LogP contribution in [0, 0.1) is 11.8 Å². The van der Waals surface area contributed by atoms with Crippen molar-refractivity contribution in [1.82, 2.24) is 0 Å². The van der Waals surface area contributed by atoms with Crippen molar-refractivity contribution in [2.75, 3.05) is 0 Å². The Morgan fingerprint density at radius 2 is 2.11 bits per heavy atom. The number of hydrogen-bond acceptors (Lipinski definition) is 2. The summed E-state index contributed by atoms with van der Waals surface area (Å²) in [5, 5.41) is 8.87. The van der Waals surface area contributed by atoms with Crippen molar-refractivity contribution in [3.63, 3.8) is 0 Å². The highest BCUT2D eigenvalue weighted by atomic mass is 19.1. The molecule has 0 aliphatic rings. The average molecular weight is 131 g/mol. The average Bonchev–Trinajstić information content (AvgIpc) is 1.59. The third-order valence-electron chi connectivity index (χ3n) is 0.516. The molecule has 0 spiro atoms. The van der Waals surface area contributed by atoms with Crippen molar-refractivity contribution in [1.29, 1.82) is 0 Å². The number of rotatable bonds is 0. The normalized spacial score (nSPS) is 13.9. The molecule has 1 unspecified atom stereocenters. The van der Waals surface area contributed by atoms with Crippen LogP contribution in [0.25, 0.3) is 0 Å². The van der Waals surface area contributed by atoms with Gasteiger partial charge in [-0.25, -0.2) is 4.39 Å². The quantitative estimate of drug-likeness (QED) is 0.359. The van der Waals surface area contributed by atoms with E-state index < -0.39 is 11.9 Å². The van der Waals surface area contributed by atoms with Crippen LogP contribution in [0.3, 0.4) is 0 Å². The van der Waals surface area contributed by atoms with Gasteiger partial charge in [0.25, 0.3) is 0 Å². The van der Waals surface area contributed by atoms with Crippen molar-refractivity contribution >= 4 is 0 Å². The van der Waals surface area contributed by atoms with Gasteiger partial charge in [-0.05, 0) is 19.8 Å². The van der Waals surface area contributed by atoms with Gasteiger partial charge in [0.05, 0.1) is 0 Å². The van der Waals surface area contributed by atoms with Crippen molar-refractivity contribution < 1.29 is 9.50 Å². The molecule has 0 aliphatic carbocycles. The van der Waals surface area contributed by atoms with Crippen LogP contribution in [0.2, 0.25) is 0 Å². The van der Waals surface area contributed by atoms with Crippen LogP contribution in [0.15, 0.2) is 0 Å². The second-order valence-corrected chi connectivity index (χ2v) is 2.23. The van der Waals surface area contributed by atoms with Crippen molar-refractivity contribution in [2.45, 2.75) is 25.7 Å². The molecular formula is C6H10FNO. The topological polar surface area (TPSA) is 46.2 Å². The van der Waals surface area contributed by atoms with Gasteiger partial charge in [0, 0.05) is 0 Å². The lowest BCUT2D eigenvalue weighted by Crippen LogP contribution is -2.17. The van der Waals surface area contributed by atoms with Crippen LogP contribution in [-0.2, 0) is 0 Å². The Kier molecular flexibility index (Phi) is 2.63. The number of hydrogen-bond donors (Lipinski definition) is 2. The number of aliphatic hydroxyl groups is 1. The van der Waals surface area contributed by atoms with E-state index >= 15 is 0 Å². The van der Waals surface area contributed by atoms with E-state index in [1.54, 1.807) is 0 Å². The minimum absolute atomic E-state index is 1.15. The molecule has 0 saturated carbocycles. The zero-order valence-corrected chi connectivity index (χ0v) is 5.48. The van der Waals surface area contributed by atoms with E-state index in [4.69, 9.17) is 5.11 Å². The van der Waals surface area contributed by atoms with E-state index in [2.05, 4.69) is 11.7 Å². The third kappa shape index (κ3) is 7.41. The first-order valence-electron chi connectivity index (χ1n) is 2.56. The van der Waals surface area contributed by atoms with Gasteiger partial charge in [0.1, 0.15) is 5.60 Å². The maximum absolute atomic E-state index is 11.7. The Morgan fingerprint density at radius 1 is 1.67 bits per heavy atom. The molecule has 0 saturated heterocycles. The zero-order chi connectivity index (χ0) is 7.49. The Labute approximate surface area is 53.9 Å². The summed E-state index contributed by atoms with van der Waals surface area (Å²) in [5.74, 6) is 4.22. The lowest BCUT2D eigenvalue weighted by molar-refractivity contribution is 0.143. The standard InChI is InChI=1S/C6H10FNO/c1-6(2,9)4-3-5(7)8/h5,9H,8H2,1-2H3. The van der Waals surface area contributed by atoms with Gasteiger partial charge in [0.15, 0.2) is 0 Å². The lowest BCUT2D eigenvalue weighted by atomic mass is 10.1. The van der Waals surface area contributed by atoms with E-state index in [1.165, 1.54) is 13.8 Å². The summed E-state index contributed by atoms with van der Waals surface area (Å²) in [5.41, 5.74) is 3.50. The van der Waals surface area contributed by atoms with Gasteiger partial charge in [-0.1, -0.05) is 5.92 Å². The van der Waals surface area contributed by atoms with Crippen LogP contribution in [0.1, 0.15) is 13.8 Å². The molecule has 52 valence electrons. The van der Waals surface area contributed by atoms with Crippen LogP contribution in [-0.4, -0.2) is 17.0 Å². The van der Waals surface area contributed by atoms with Crippen molar-refractivity contribution in [2.24, 2.45) is 5.73 Å². The van der Waals surface area contributed by atoms with Gasteiger partial charge in [-0.3, -0.25) is 5.73 Å². The van der Waals surface area contributed by atoms with Crippen LogP contribution >= 0.6 is 0 Å². The number of alkyl halides is 1. The van der Waals surface area contributed by atoms with Gasteiger partial charge < -0.3 is 5.11 Å². The molecule has 9 heavy (non-hydrogen) atoms. The van der Waals surface area contributed by atoms with Crippen LogP contribution < -0.4 is 5.73 Å². The maximum atomic E-state index is 11.7. The van der Waals surface area contributed by atoms with Gasteiger partial charge in [-0.2, -0.15) is 0 Å². The van der Waals surface area contributed by atoms with Gasteiger partial charge >= 0.3 is 0 Å². The third-order valence-corrected chi connectivity index (χ3v) is 0.516. The number of nitrogens with two attached hydrogens (primary N) is 1. The predicted molar refractivity (Wildman–Crippen MR) is 33.2 cm³/mol. The zero-order valence-electron chi connectivity index (χ0n) is 5.48.